The maximum atomic E-state index is 13.7. The molecule has 6 nitrogen and oxygen atoms in total. The molecule has 1 aromatic heterocycles. The fourth-order valence-corrected chi connectivity index (χ4v) is 3.66. The van der Waals surface area contributed by atoms with Crippen LogP contribution in [0.3, 0.4) is 0 Å². The highest BCUT2D eigenvalue weighted by atomic mass is 32.1. The first kappa shape index (κ1) is 20.7. The van der Waals surface area contributed by atoms with Crippen LogP contribution in [0.2, 0.25) is 0 Å². The van der Waals surface area contributed by atoms with Crippen molar-refractivity contribution in [3.63, 3.8) is 0 Å². The molecule has 0 saturated carbocycles. The Hall–Kier alpha value is -3.00. The van der Waals surface area contributed by atoms with Crippen molar-refractivity contribution < 1.29 is 27.2 Å². The van der Waals surface area contributed by atoms with Gasteiger partial charge in [-0.05, 0) is 11.6 Å². The normalized spacial score (nSPS) is 17.8. The second-order valence-electron chi connectivity index (χ2n) is 6.45. The lowest BCUT2D eigenvalue weighted by atomic mass is 10.1. The fraction of sp³-hybridized carbons (Fsp3) is 0.333. The third-order valence-electron chi connectivity index (χ3n) is 4.28. The molecule has 3 rings (SSSR count). The lowest BCUT2D eigenvalue weighted by Crippen LogP contribution is -2.43. The van der Waals surface area contributed by atoms with Crippen molar-refractivity contribution in [2.45, 2.75) is 24.8 Å². The monoisotopic (exact) mass is 426 g/mol. The largest absolute Gasteiger partial charge is 0.342 e. The molecule has 1 atom stereocenters. The number of hydrogen-bond acceptors (Lipinski definition) is 5. The average Bonchev–Trinajstić information content (AvgIpc) is 3.25. The molecule has 0 radical (unpaired) electrons. The summed E-state index contributed by atoms with van der Waals surface area (Å²) < 4.78 is 53.5. The number of amides is 2. The van der Waals surface area contributed by atoms with E-state index in [1.54, 1.807) is 6.07 Å². The van der Waals surface area contributed by atoms with Crippen LogP contribution in [0, 0.1) is 23.0 Å². The number of alkyl halides is 2. The molecule has 152 valence electrons. The van der Waals surface area contributed by atoms with Gasteiger partial charge in [-0.3, -0.25) is 9.59 Å². The SMILES string of the molecule is N#C[C@@H]1CC(F)(F)CN1C(=O)CNC(=O)c1csc(Cc2ccc(F)cc2F)n1. The number of nitrogens with zero attached hydrogens (tertiary/aromatic N) is 3. The fourth-order valence-electron chi connectivity index (χ4n) is 2.87. The number of halogens is 4. The molecule has 29 heavy (non-hydrogen) atoms. The summed E-state index contributed by atoms with van der Waals surface area (Å²) in [6, 6.07) is 3.55. The standard InChI is InChI=1S/C18H14F4N4O2S/c19-11-2-1-10(13(20)4-11)3-15-25-14(8-29-15)17(28)24-7-16(27)26-9-18(21,22)5-12(26)6-23/h1-2,4,8,12H,3,5,7,9H2,(H,24,28)/t12-/m0/s1. The van der Waals surface area contributed by atoms with Crippen molar-refractivity contribution in [3.05, 3.63) is 51.5 Å². The number of carbonyl (C=O) groups excluding carboxylic acids is 2. The molecule has 0 spiro atoms. The van der Waals surface area contributed by atoms with Gasteiger partial charge in [0.15, 0.2) is 0 Å². The van der Waals surface area contributed by atoms with Crippen molar-refractivity contribution in [1.29, 1.82) is 5.26 Å². The maximum absolute atomic E-state index is 13.7. The Bertz CT molecular complexity index is 988. The van der Waals surface area contributed by atoms with Crippen LogP contribution in [0.15, 0.2) is 23.6 Å². The summed E-state index contributed by atoms with van der Waals surface area (Å²) in [7, 11) is 0. The Morgan fingerprint density at radius 2 is 2.14 bits per heavy atom. The number of benzene rings is 1. The van der Waals surface area contributed by atoms with Crippen LogP contribution in [-0.4, -0.2) is 46.8 Å². The minimum atomic E-state index is -3.14. The van der Waals surface area contributed by atoms with E-state index in [2.05, 4.69) is 10.3 Å². The van der Waals surface area contributed by atoms with Crippen molar-refractivity contribution in [1.82, 2.24) is 15.2 Å². The molecule has 11 heteroatoms. The number of rotatable bonds is 5. The molecule has 0 unspecified atom stereocenters. The Labute approximate surface area is 166 Å². The van der Waals surface area contributed by atoms with Gasteiger partial charge in [0.1, 0.15) is 23.4 Å². The van der Waals surface area contributed by atoms with E-state index in [9.17, 15) is 27.2 Å². The minimum Gasteiger partial charge on any atom is -0.342 e. The predicted octanol–water partition coefficient (Wildman–Crippen LogP) is 2.50. The van der Waals surface area contributed by atoms with Gasteiger partial charge in [-0.1, -0.05) is 6.07 Å². The van der Waals surface area contributed by atoms with E-state index in [0.717, 1.165) is 28.4 Å². The topological polar surface area (TPSA) is 86.1 Å². The van der Waals surface area contributed by atoms with Gasteiger partial charge in [0.2, 0.25) is 5.91 Å². The summed E-state index contributed by atoms with van der Waals surface area (Å²) in [4.78, 5) is 29.0. The van der Waals surface area contributed by atoms with E-state index in [0.29, 0.717) is 5.01 Å². The lowest BCUT2D eigenvalue weighted by Gasteiger charge is -2.19. The molecule has 1 aliphatic heterocycles. The number of carbonyl (C=O) groups is 2. The van der Waals surface area contributed by atoms with Crippen molar-refractivity contribution >= 4 is 23.2 Å². The van der Waals surface area contributed by atoms with Crippen LogP contribution < -0.4 is 5.32 Å². The second-order valence-corrected chi connectivity index (χ2v) is 7.39. The van der Waals surface area contributed by atoms with Gasteiger partial charge < -0.3 is 10.2 Å². The summed E-state index contributed by atoms with van der Waals surface area (Å²) in [6.07, 6.45) is -0.686. The quantitative estimate of drug-likeness (QED) is 0.745. The van der Waals surface area contributed by atoms with Crippen molar-refractivity contribution in [2.24, 2.45) is 0 Å². The number of hydrogen-bond donors (Lipinski definition) is 1. The Kier molecular flexibility index (Phi) is 5.83. The zero-order valence-corrected chi connectivity index (χ0v) is 15.6. The van der Waals surface area contributed by atoms with Crippen LogP contribution in [-0.2, 0) is 11.2 Å². The highest BCUT2D eigenvalue weighted by Gasteiger charge is 2.47. The molecule has 0 bridgehead atoms. The van der Waals surface area contributed by atoms with Gasteiger partial charge in [-0.25, -0.2) is 22.5 Å². The minimum absolute atomic E-state index is 0.0242. The molecule has 2 heterocycles. The van der Waals surface area contributed by atoms with Crippen LogP contribution >= 0.6 is 11.3 Å². The van der Waals surface area contributed by atoms with E-state index >= 15 is 0 Å². The summed E-state index contributed by atoms with van der Waals surface area (Å²) in [5, 5.41) is 13.0. The Morgan fingerprint density at radius 3 is 2.83 bits per heavy atom. The zero-order chi connectivity index (χ0) is 21.2. The van der Waals surface area contributed by atoms with Gasteiger partial charge in [0.25, 0.3) is 11.8 Å². The Morgan fingerprint density at radius 1 is 1.38 bits per heavy atom. The molecule has 0 aliphatic carbocycles. The first-order valence-electron chi connectivity index (χ1n) is 8.42. The third-order valence-corrected chi connectivity index (χ3v) is 5.13. The second kappa shape index (κ2) is 8.16. The summed E-state index contributed by atoms with van der Waals surface area (Å²) in [5.74, 6) is -6.08. The van der Waals surface area contributed by atoms with Gasteiger partial charge in [0, 0.05) is 24.3 Å². The molecule has 2 amide bonds. The smallest absolute Gasteiger partial charge is 0.271 e. The molecular formula is C18H14F4N4O2S. The highest BCUT2D eigenvalue weighted by molar-refractivity contribution is 7.09. The van der Waals surface area contributed by atoms with Crippen molar-refractivity contribution in [2.75, 3.05) is 13.1 Å². The number of thiazole rings is 1. The van der Waals surface area contributed by atoms with E-state index in [1.165, 1.54) is 11.4 Å². The maximum Gasteiger partial charge on any atom is 0.271 e. The van der Waals surface area contributed by atoms with Gasteiger partial charge in [-0.2, -0.15) is 5.26 Å². The molecule has 1 aliphatic rings. The highest BCUT2D eigenvalue weighted by Crippen LogP contribution is 2.31. The summed E-state index contributed by atoms with van der Waals surface area (Å²) in [6.45, 7) is -1.43. The molecule has 1 aromatic carbocycles. The third kappa shape index (κ3) is 4.89. The van der Waals surface area contributed by atoms with E-state index in [-0.39, 0.29) is 17.7 Å². The van der Waals surface area contributed by atoms with Gasteiger partial charge >= 0.3 is 0 Å². The molecule has 2 aromatic rings. The number of aromatic nitrogens is 1. The lowest BCUT2D eigenvalue weighted by molar-refractivity contribution is -0.131. The molecule has 1 saturated heterocycles. The first-order chi connectivity index (χ1) is 13.7. The number of nitriles is 1. The predicted molar refractivity (Wildman–Crippen MR) is 94.3 cm³/mol. The zero-order valence-electron chi connectivity index (χ0n) is 14.8. The van der Waals surface area contributed by atoms with Crippen LogP contribution in [0.4, 0.5) is 17.6 Å². The van der Waals surface area contributed by atoms with E-state index in [1.807, 2.05) is 0 Å². The van der Waals surface area contributed by atoms with Crippen LogP contribution in [0.5, 0.6) is 0 Å². The van der Waals surface area contributed by atoms with E-state index in [4.69, 9.17) is 5.26 Å². The number of likely N-dealkylation sites (tertiary alicyclic amines) is 1. The van der Waals surface area contributed by atoms with Gasteiger partial charge in [0.05, 0.1) is 24.2 Å². The molecular weight excluding hydrogens is 412 g/mol. The van der Waals surface area contributed by atoms with Crippen LogP contribution in [0.1, 0.15) is 27.5 Å². The summed E-state index contributed by atoms with van der Waals surface area (Å²) >= 11 is 1.08. The van der Waals surface area contributed by atoms with Gasteiger partial charge in [-0.15, -0.1) is 11.3 Å². The molecule has 1 N–H and O–H groups in total. The van der Waals surface area contributed by atoms with Crippen molar-refractivity contribution in [3.8, 4) is 6.07 Å². The first-order valence-corrected chi connectivity index (χ1v) is 9.30. The number of nitrogens with one attached hydrogen (secondary N) is 1. The average molecular weight is 426 g/mol. The Balaban J connectivity index is 1.58. The van der Waals surface area contributed by atoms with E-state index < -0.39 is 54.9 Å². The molecule has 1 fully saturated rings. The summed E-state index contributed by atoms with van der Waals surface area (Å²) in [5.41, 5.74) is 0.185. The van der Waals surface area contributed by atoms with Crippen LogP contribution in [0.25, 0.3) is 0 Å².